The van der Waals surface area contributed by atoms with Gasteiger partial charge >= 0.3 is 11.9 Å². The topological polar surface area (TPSA) is 83.8 Å². The first-order valence-corrected chi connectivity index (χ1v) is 4.84. The molecule has 0 saturated heterocycles. The Morgan fingerprint density at radius 2 is 2.06 bits per heavy atom. The van der Waals surface area contributed by atoms with Crippen molar-refractivity contribution in [3.05, 3.63) is 35.4 Å². The van der Waals surface area contributed by atoms with Crippen LogP contribution in [0.3, 0.4) is 0 Å². The Morgan fingerprint density at radius 1 is 1.35 bits per heavy atom. The van der Waals surface area contributed by atoms with Gasteiger partial charge in [0.2, 0.25) is 0 Å². The summed E-state index contributed by atoms with van der Waals surface area (Å²) in [5.41, 5.74) is 0.662. The van der Waals surface area contributed by atoms with Crippen LogP contribution >= 0.6 is 0 Å². The Balaban J connectivity index is 2.96. The van der Waals surface area contributed by atoms with Crippen molar-refractivity contribution in [2.45, 2.75) is 6.42 Å². The molecule has 90 valence electrons. The molecule has 0 saturated carbocycles. The number of methoxy groups -OCH3 is 1. The third kappa shape index (κ3) is 3.64. The molecule has 0 unspecified atom stereocenters. The molecule has 2 N–H and O–H groups in total. The Morgan fingerprint density at radius 3 is 2.59 bits per heavy atom. The van der Waals surface area contributed by atoms with Gasteiger partial charge in [-0.3, -0.25) is 4.79 Å². The quantitative estimate of drug-likeness (QED) is 0.815. The molecule has 0 aromatic heterocycles. The van der Waals surface area contributed by atoms with E-state index in [1.807, 2.05) is 0 Å². The van der Waals surface area contributed by atoms with Crippen LogP contribution in [0.2, 0.25) is 0 Å². The zero-order valence-electron chi connectivity index (χ0n) is 9.21. The second-order valence-corrected chi connectivity index (χ2v) is 3.27. The third-order valence-corrected chi connectivity index (χ3v) is 2.06. The minimum absolute atomic E-state index is 0.0463. The van der Waals surface area contributed by atoms with Crippen molar-refractivity contribution in [3.8, 4) is 5.75 Å². The van der Waals surface area contributed by atoms with Crippen molar-refractivity contribution in [2.24, 2.45) is 0 Å². The highest BCUT2D eigenvalue weighted by Gasteiger charge is 2.10. The number of carbonyl (C=O) groups is 2. The third-order valence-electron chi connectivity index (χ3n) is 2.06. The van der Waals surface area contributed by atoms with Gasteiger partial charge in [-0.05, 0) is 17.7 Å². The highest BCUT2D eigenvalue weighted by Crippen LogP contribution is 2.20. The van der Waals surface area contributed by atoms with Crippen molar-refractivity contribution in [1.29, 1.82) is 0 Å². The molecule has 0 aliphatic heterocycles. The molecule has 0 atom stereocenters. The highest BCUT2D eigenvalue weighted by atomic mass is 16.5. The second-order valence-electron chi connectivity index (χ2n) is 3.27. The molecule has 5 heteroatoms. The van der Waals surface area contributed by atoms with Gasteiger partial charge in [0.1, 0.15) is 11.3 Å². The summed E-state index contributed by atoms with van der Waals surface area (Å²) < 4.78 is 4.91. The summed E-state index contributed by atoms with van der Waals surface area (Å²) in [6.45, 7) is 0. The first-order valence-electron chi connectivity index (χ1n) is 4.84. The fourth-order valence-electron chi connectivity index (χ4n) is 1.29. The van der Waals surface area contributed by atoms with Crippen LogP contribution in [0.1, 0.15) is 22.3 Å². The highest BCUT2D eigenvalue weighted by molar-refractivity contribution is 5.91. The summed E-state index contributed by atoms with van der Waals surface area (Å²) in [5.74, 6) is -1.75. The standard InChI is InChI=1S/C12H12O5/c1-17-10-6-5-8(3-2-4-11(13)14)7-9(10)12(15)16/h2-3,5-7H,4H2,1H3,(H,13,14)(H,15,16). The first-order chi connectivity index (χ1) is 8.04. The monoisotopic (exact) mass is 236 g/mol. The molecule has 17 heavy (non-hydrogen) atoms. The van der Waals surface area contributed by atoms with Gasteiger partial charge in [0, 0.05) is 0 Å². The number of hydrogen-bond acceptors (Lipinski definition) is 3. The SMILES string of the molecule is COc1ccc(C=CCC(=O)O)cc1C(=O)O. The number of aromatic carboxylic acids is 1. The maximum atomic E-state index is 10.9. The molecule has 0 aliphatic carbocycles. The van der Waals surface area contributed by atoms with E-state index in [1.165, 1.54) is 25.3 Å². The van der Waals surface area contributed by atoms with E-state index in [0.29, 0.717) is 5.56 Å². The molecule has 0 spiro atoms. The summed E-state index contributed by atoms with van der Waals surface area (Å²) in [6.07, 6.45) is 2.91. The Bertz CT molecular complexity index is 462. The van der Waals surface area contributed by atoms with Crippen LogP contribution in [0.5, 0.6) is 5.75 Å². The van der Waals surface area contributed by atoms with Crippen LogP contribution in [-0.4, -0.2) is 29.3 Å². The van der Waals surface area contributed by atoms with Gasteiger partial charge < -0.3 is 14.9 Å². The molecule has 1 rings (SSSR count). The largest absolute Gasteiger partial charge is 0.496 e. The number of benzene rings is 1. The average Bonchev–Trinajstić information content (AvgIpc) is 2.28. The number of carboxylic acids is 2. The van der Waals surface area contributed by atoms with E-state index in [1.54, 1.807) is 12.1 Å². The van der Waals surface area contributed by atoms with Crippen LogP contribution in [0, 0.1) is 0 Å². The Kier molecular flexibility index (Phi) is 4.28. The van der Waals surface area contributed by atoms with E-state index in [-0.39, 0.29) is 17.7 Å². The zero-order valence-corrected chi connectivity index (χ0v) is 9.21. The van der Waals surface area contributed by atoms with Crippen molar-refractivity contribution < 1.29 is 24.5 Å². The van der Waals surface area contributed by atoms with E-state index < -0.39 is 11.9 Å². The van der Waals surface area contributed by atoms with Crippen LogP contribution in [0.15, 0.2) is 24.3 Å². The predicted octanol–water partition coefficient (Wildman–Crippen LogP) is 1.88. The fraction of sp³-hybridized carbons (Fsp3) is 0.167. The minimum Gasteiger partial charge on any atom is -0.496 e. The summed E-state index contributed by atoms with van der Waals surface area (Å²) in [6, 6.07) is 4.62. The lowest BCUT2D eigenvalue weighted by molar-refractivity contribution is -0.135. The van der Waals surface area contributed by atoms with E-state index in [2.05, 4.69) is 0 Å². The molecule has 0 fully saturated rings. The number of ether oxygens (including phenoxy) is 1. The van der Waals surface area contributed by atoms with Crippen LogP contribution < -0.4 is 4.74 Å². The van der Waals surface area contributed by atoms with E-state index in [9.17, 15) is 9.59 Å². The number of rotatable bonds is 5. The smallest absolute Gasteiger partial charge is 0.339 e. The predicted molar refractivity (Wildman–Crippen MR) is 61.2 cm³/mol. The van der Waals surface area contributed by atoms with Crippen LogP contribution in [-0.2, 0) is 4.79 Å². The Labute approximate surface area is 98.0 Å². The summed E-state index contributed by atoms with van der Waals surface area (Å²) in [7, 11) is 1.39. The van der Waals surface area contributed by atoms with Gasteiger partial charge in [-0.2, -0.15) is 0 Å². The molecule has 0 aliphatic rings. The van der Waals surface area contributed by atoms with E-state index in [4.69, 9.17) is 14.9 Å². The van der Waals surface area contributed by atoms with E-state index in [0.717, 1.165) is 0 Å². The van der Waals surface area contributed by atoms with Crippen molar-refractivity contribution in [2.75, 3.05) is 7.11 Å². The minimum atomic E-state index is -1.09. The Hall–Kier alpha value is -2.30. The van der Waals surface area contributed by atoms with Gasteiger partial charge in [-0.1, -0.05) is 18.2 Å². The van der Waals surface area contributed by atoms with Crippen LogP contribution in [0.4, 0.5) is 0 Å². The number of carboxylic acid groups (broad SMARTS) is 2. The van der Waals surface area contributed by atoms with Gasteiger partial charge in [-0.15, -0.1) is 0 Å². The molecular formula is C12H12O5. The molecule has 0 amide bonds. The molecule has 0 bridgehead atoms. The van der Waals surface area contributed by atoms with Crippen molar-refractivity contribution in [3.63, 3.8) is 0 Å². The summed E-state index contributed by atoms with van der Waals surface area (Å²) in [4.78, 5) is 21.2. The van der Waals surface area contributed by atoms with Crippen molar-refractivity contribution >= 4 is 18.0 Å². The maximum absolute atomic E-state index is 10.9. The van der Waals surface area contributed by atoms with Gasteiger partial charge in [-0.25, -0.2) is 4.79 Å². The average molecular weight is 236 g/mol. The van der Waals surface area contributed by atoms with Crippen LogP contribution in [0.25, 0.3) is 6.08 Å². The van der Waals surface area contributed by atoms with Gasteiger partial charge in [0.15, 0.2) is 0 Å². The maximum Gasteiger partial charge on any atom is 0.339 e. The van der Waals surface area contributed by atoms with E-state index >= 15 is 0 Å². The van der Waals surface area contributed by atoms with Crippen molar-refractivity contribution in [1.82, 2.24) is 0 Å². The lowest BCUT2D eigenvalue weighted by Gasteiger charge is -2.05. The summed E-state index contributed by atoms with van der Waals surface area (Å²) in [5, 5.41) is 17.4. The molecule has 0 heterocycles. The van der Waals surface area contributed by atoms with Gasteiger partial charge in [0.05, 0.1) is 13.5 Å². The molecule has 5 nitrogen and oxygen atoms in total. The molecular weight excluding hydrogens is 224 g/mol. The molecule has 0 radical (unpaired) electrons. The normalized spacial score (nSPS) is 10.4. The zero-order chi connectivity index (χ0) is 12.8. The lowest BCUT2D eigenvalue weighted by atomic mass is 10.1. The molecule has 1 aromatic carbocycles. The lowest BCUT2D eigenvalue weighted by Crippen LogP contribution is -2.00. The number of aliphatic carboxylic acids is 1. The molecule has 1 aromatic rings. The fourth-order valence-corrected chi connectivity index (χ4v) is 1.29. The number of hydrogen-bond donors (Lipinski definition) is 2. The van der Waals surface area contributed by atoms with Gasteiger partial charge in [0.25, 0.3) is 0 Å². The first kappa shape index (κ1) is 12.8. The summed E-state index contributed by atoms with van der Waals surface area (Å²) >= 11 is 0. The second kappa shape index (κ2) is 5.69.